The van der Waals surface area contributed by atoms with Crippen molar-refractivity contribution in [2.75, 3.05) is 33.4 Å². The molecule has 108 valence electrons. The van der Waals surface area contributed by atoms with Gasteiger partial charge in [0.2, 0.25) is 0 Å². The molecule has 0 aliphatic heterocycles. The number of unbranched alkanes of at least 4 members (excludes halogenated alkanes) is 3. The van der Waals surface area contributed by atoms with Crippen LogP contribution in [0.15, 0.2) is 24.3 Å². The molecule has 0 fully saturated rings. The lowest BCUT2D eigenvalue weighted by atomic mass is 10.2. The lowest BCUT2D eigenvalue weighted by molar-refractivity contribution is 0.312. The highest BCUT2D eigenvalue weighted by Crippen LogP contribution is 2.16. The number of methoxy groups -OCH3 is 1. The molecule has 4 heteroatoms. The highest BCUT2D eigenvalue weighted by Gasteiger charge is 1.95. The van der Waals surface area contributed by atoms with E-state index in [2.05, 4.69) is 5.32 Å². The van der Waals surface area contributed by atoms with Gasteiger partial charge in [0.05, 0.1) is 7.11 Å². The predicted molar refractivity (Wildman–Crippen MR) is 78.9 cm³/mol. The molecule has 0 amide bonds. The van der Waals surface area contributed by atoms with Crippen LogP contribution in [-0.4, -0.2) is 33.4 Å². The zero-order valence-corrected chi connectivity index (χ0v) is 11.9. The first-order valence-corrected chi connectivity index (χ1v) is 7.04. The van der Waals surface area contributed by atoms with Crippen molar-refractivity contribution in [3.8, 4) is 11.5 Å². The summed E-state index contributed by atoms with van der Waals surface area (Å²) in [6.45, 7) is 3.43. The summed E-state index contributed by atoms with van der Waals surface area (Å²) < 4.78 is 10.7. The van der Waals surface area contributed by atoms with Crippen molar-refractivity contribution in [1.29, 1.82) is 0 Å². The van der Waals surface area contributed by atoms with Crippen molar-refractivity contribution in [2.45, 2.75) is 25.7 Å². The minimum atomic E-state index is 0.690. The highest BCUT2D eigenvalue weighted by atomic mass is 16.5. The quantitative estimate of drug-likeness (QED) is 0.603. The molecule has 0 aliphatic carbocycles. The Morgan fingerprint density at radius 2 is 1.63 bits per heavy atom. The molecule has 1 aromatic carbocycles. The van der Waals surface area contributed by atoms with Crippen molar-refractivity contribution in [3.63, 3.8) is 0 Å². The second-order valence-electron chi connectivity index (χ2n) is 4.48. The average molecular weight is 266 g/mol. The van der Waals surface area contributed by atoms with E-state index in [1.807, 2.05) is 24.3 Å². The fourth-order valence-electron chi connectivity index (χ4n) is 1.79. The Kier molecular flexibility index (Phi) is 8.85. The maximum absolute atomic E-state index is 5.62. The first-order valence-electron chi connectivity index (χ1n) is 7.04. The van der Waals surface area contributed by atoms with Crippen LogP contribution in [0.3, 0.4) is 0 Å². The summed E-state index contributed by atoms with van der Waals surface area (Å²) in [5.74, 6) is 1.73. The van der Waals surface area contributed by atoms with Crippen LogP contribution >= 0.6 is 0 Å². The SMILES string of the molecule is COc1ccc(OCCNCCCCCCN)cc1. The van der Waals surface area contributed by atoms with Gasteiger partial charge in [0.15, 0.2) is 0 Å². The Hall–Kier alpha value is -1.26. The third kappa shape index (κ3) is 7.70. The van der Waals surface area contributed by atoms with Gasteiger partial charge >= 0.3 is 0 Å². The molecule has 0 bridgehead atoms. The number of hydrogen-bond acceptors (Lipinski definition) is 4. The molecule has 0 saturated heterocycles. The van der Waals surface area contributed by atoms with Gasteiger partial charge in [0.1, 0.15) is 18.1 Å². The zero-order chi connectivity index (χ0) is 13.8. The molecule has 1 rings (SSSR count). The third-order valence-corrected chi connectivity index (χ3v) is 2.91. The fourth-order valence-corrected chi connectivity index (χ4v) is 1.79. The highest BCUT2D eigenvalue weighted by molar-refractivity contribution is 5.31. The van der Waals surface area contributed by atoms with E-state index in [-0.39, 0.29) is 0 Å². The summed E-state index contributed by atoms with van der Waals surface area (Å²) in [5, 5.41) is 3.37. The molecule has 0 atom stereocenters. The van der Waals surface area contributed by atoms with Crippen LogP contribution in [0.1, 0.15) is 25.7 Å². The van der Waals surface area contributed by atoms with Crippen molar-refractivity contribution in [1.82, 2.24) is 5.32 Å². The summed E-state index contributed by atoms with van der Waals surface area (Å²) in [4.78, 5) is 0. The zero-order valence-electron chi connectivity index (χ0n) is 11.9. The lowest BCUT2D eigenvalue weighted by Crippen LogP contribution is -2.22. The first-order chi connectivity index (χ1) is 9.36. The second-order valence-corrected chi connectivity index (χ2v) is 4.48. The van der Waals surface area contributed by atoms with E-state index in [0.29, 0.717) is 6.61 Å². The van der Waals surface area contributed by atoms with Crippen LogP contribution in [0.4, 0.5) is 0 Å². The minimum Gasteiger partial charge on any atom is -0.497 e. The van der Waals surface area contributed by atoms with E-state index < -0.39 is 0 Å². The smallest absolute Gasteiger partial charge is 0.119 e. The van der Waals surface area contributed by atoms with E-state index in [0.717, 1.165) is 37.6 Å². The number of rotatable bonds is 11. The molecule has 3 N–H and O–H groups in total. The topological polar surface area (TPSA) is 56.5 Å². The van der Waals surface area contributed by atoms with Gasteiger partial charge in [0.25, 0.3) is 0 Å². The minimum absolute atomic E-state index is 0.690. The van der Waals surface area contributed by atoms with Gasteiger partial charge in [-0.1, -0.05) is 12.8 Å². The molecule has 0 aliphatic rings. The number of nitrogens with one attached hydrogen (secondary N) is 1. The van der Waals surface area contributed by atoms with Gasteiger partial charge in [-0.3, -0.25) is 0 Å². The maximum atomic E-state index is 5.62. The van der Waals surface area contributed by atoms with Gasteiger partial charge in [-0.2, -0.15) is 0 Å². The van der Waals surface area contributed by atoms with Gasteiger partial charge in [0, 0.05) is 6.54 Å². The van der Waals surface area contributed by atoms with Gasteiger partial charge < -0.3 is 20.5 Å². The molecule has 0 radical (unpaired) electrons. The summed E-state index contributed by atoms with van der Waals surface area (Å²) in [7, 11) is 1.66. The van der Waals surface area contributed by atoms with Gasteiger partial charge in [-0.25, -0.2) is 0 Å². The van der Waals surface area contributed by atoms with Crippen LogP contribution in [0, 0.1) is 0 Å². The largest absolute Gasteiger partial charge is 0.497 e. The fraction of sp³-hybridized carbons (Fsp3) is 0.600. The van der Waals surface area contributed by atoms with Crippen LogP contribution in [-0.2, 0) is 0 Å². The van der Waals surface area contributed by atoms with E-state index in [1.165, 1.54) is 19.3 Å². The third-order valence-electron chi connectivity index (χ3n) is 2.91. The molecule has 1 aromatic rings. The number of hydrogen-bond donors (Lipinski definition) is 2. The van der Waals surface area contributed by atoms with Crippen molar-refractivity contribution in [3.05, 3.63) is 24.3 Å². The van der Waals surface area contributed by atoms with Crippen molar-refractivity contribution < 1.29 is 9.47 Å². The number of nitrogens with two attached hydrogens (primary N) is 1. The van der Waals surface area contributed by atoms with E-state index in [4.69, 9.17) is 15.2 Å². The second kappa shape index (κ2) is 10.6. The van der Waals surface area contributed by atoms with Crippen LogP contribution in [0.25, 0.3) is 0 Å². The summed E-state index contributed by atoms with van der Waals surface area (Å²) in [6.07, 6.45) is 4.84. The molecule has 19 heavy (non-hydrogen) atoms. The number of ether oxygens (including phenoxy) is 2. The Morgan fingerprint density at radius 3 is 2.32 bits per heavy atom. The Labute approximate surface area is 116 Å². The molecular formula is C15H26N2O2. The Balaban J connectivity index is 1.95. The molecule has 0 spiro atoms. The molecular weight excluding hydrogens is 240 g/mol. The van der Waals surface area contributed by atoms with Gasteiger partial charge in [-0.05, 0) is 50.2 Å². The van der Waals surface area contributed by atoms with E-state index in [9.17, 15) is 0 Å². The van der Waals surface area contributed by atoms with Crippen LogP contribution < -0.4 is 20.5 Å². The summed E-state index contributed by atoms with van der Waals surface area (Å²) >= 11 is 0. The van der Waals surface area contributed by atoms with Crippen LogP contribution in [0.5, 0.6) is 11.5 Å². The molecule has 0 saturated carbocycles. The Morgan fingerprint density at radius 1 is 0.947 bits per heavy atom. The first kappa shape index (κ1) is 15.8. The van der Waals surface area contributed by atoms with Gasteiger partial charge in [-0.15, -0.1) is 0 Å². The van der Waals surface area contributed by atoms with Crippen LogP contribution in [0.2, 0.25) is 0 Å². The lowest BCUT2D eigenvalue weighted by Gasteiger charge is -2.08. The normalized spacial score (nSPS) is 10.4. The molecule has 0 aromatic heterocycles. The predicted octanol–water partition coefficient (Wildman–Crippen LogP) is 2.18. The Bertz CT molecular complexity index is 314. The molecule has 0 heterocycles. The summed E-state index contributed by atoms with van der Waals surface area (Å²) in [6, 6.07) is 7.65. The number of benzene rings is 1. The van der Waals surface area contributed by atoms with Crippen molar-refractivity contribution >= 4 is 0 Å². The average Bonchev–Trinajstić information content (AvgIpc) is 2.46. The monoisotopic (exact) mass is 266 g/mol. The maximum Gasteiger partial charge on any atom is 0.119 e. The standard InChI is InChI=1S/C15H26N2O2/c1-18-14-6-8-15(9-7-14)19-13-12-17-11-5-3-2-4-10-16/h6-9,17H,2-5,10-13,16H2,1H3. The van der Waals surface area contributed by atoms with E-state index >= 15 is 0 Å². The summed E-state index contributed by atoms with van der Waals surface area (Å²) in [5.41, 5.74) is 5.44. The van der Waals surface area contributed by atoms with E-state index in [1.54, 1.807) is 7.11 Å². The van der Waals surface area contributed by atoms with Crippen molar-refractivity contribution in [2.24, 2.45) is 5.73 Å². The molecule has 4 nitrogen and oxygen atoms in total. The molecule has 0 unspecified atom stereocenters.